The van der Waals surface area contributed by atoms with Crippen LogP contribution in [-0.2, 0) is 11.8 Å². The quantitative estimate of drug-likeness (QED) is 0.129. The zero-order valence-electron chi connectivity index (χ0n) is 35.1. The lowest BCUT2D eigenvalue weighted by atomic mass is 9.67. The summed E-state index contributed by atoms with van der Waals surface area (Å²) in [6.45, 7) is 0. The van der Waals surface area contributed by atoms with E-state index in [0.29, 0.717) is 0 Å². The van der Waals surface area contributed by atoms with Gasteiger partial charge in [0.2, 0.25) is 0 Å². The predicted octanol–water partition coefficient (Wildman–Crippen LogP) is 16.1. The Balaban J connectivity index is 1.01. The van der Waals surface area contributed by atoms with Crippen LogP contribution in [0.5, 0.6) is 0 Å². The molecule has 0 saturated heterocycles. The van der Waals surface area contributed by atoms with Gasteiger partial charge in [-0.2, -0.15) is 0 Å². The highest BCUT2D eigenvalue weighted by atomic mass is 14.5. The zero-order chi connectivity index (χ0) is 42.0. The summed E-state index contributed by atoms with van der Waals surface area (Å²) in [7, 11) is 0. The smallest absolute Gasteiger partial charge is 0.0622 e. The van der Waals surface area contributed by atoms with Gasteiger partial charge in [-0.3, -0.25) is 0 Å². The molecule has 0 spiro atoms. The van der Waals surface area contributed by atoms with E-state index in [9.17, 15) is 0 Å². The van der Waals surface area contributed by atoms with Crippen molar-refractivity contribution in [3.8, 4) is 55.6 Å². The summed E-state index contributed by atoms with van der Waals surface area (Å²) in [6.07, 6.45) is 0.899. The maximum atomic E-state index is 2.48. The Hall–Kier alpha value is -7.80. The average molecular weight is 803 g/mol. The second-order valence-corrected chi connectivity index (χ2v) is 16.8. The summed E-state index contributed by atoms with van der Waals surface area (Å²) < 4.78 is 0. The summed E-state index contributed by atoms with van der Waals surface area (Å²) in [6, 6.07) is 96.3. The van der Waals surface area contributed by atoms with Crippen LogP contribution in [0.4, 0.5) is 0 Å². The highest BCUT2D eigenvalue weighted by Crippen LogP contribution is 2.59. The van der Waals surface area contributed by atoms with E-state index in [2.05, 4.69) is 261 Å². The molecule has 0 amide bonds. The van der Waals surface area contributed by atoms with Gasteiger partial charge in [-0.25, -0.2) is 0 Å². The molecular formula is C63H46. The number of hydrogen-bond donors (Lipinski definition) is 0. The van der Waals surface area contributed by atoms with Crippen molar-refractivity contribution in [3.63, 3.8) is 0 Å². The third-order valence-corrected chi connectivity index (χ3v) is 13.2. The molecule has 1 aliphatic rings. The van der Waals surface area contributed by atoms with E-state index in [0.717, 1.165) is 6.42 Å². The molecule has 0 fully saturated rings. The van der Waals surface area contributed by atoms with Crippen molar-refractivity contribution in [1.29, 1.82) is 0 Å². The van der Waals surface area contributed by atoms with Crippen LogP contribution in [0.2, 0.25) is 0 Å². The van der Waals surface area contributed by atoms with E-state index in [1.807, 2.05) is 0 Å². The normalized spacial score (nSPS) is 12.9. The van der Waals surface area contributed by atoms with Crippen molar-refractivity contribution in [2.45, 2.75) is 17.8 Å². The van der Waals surface area contributed by atoms with E-state index >= 15 is 0 Å². The molecule has 0 heteroatoms. The Morgan fingerprint density at radius 1 is 0.286 bits per heavy atom. The van der Waals surface area contributed by atoms with Gasteiger partial charge in [-0.1, -0.05) is 255 Å². The predicted molar refractivity (Wildman–Crippen MR) is 264 cm³/mol. The molecule has 1 unspecified atom stereocenters. The first-order valence-electron chi connectivity index (χ1n) is 22.1. The first-order valence-corrected chi connectivity index (χ1v) is 22.1. The molecule has 63 heavy (non-hydrogen) atoms. The third kappa shape index (κ3) is 7.00. The highest BCUT2D eigenvalue weighted by molar-refractivity contribution is 5.96. The molecule has 10 aromatic rings. The topological polar surface area (TPSA) is 0 Å². The number of rotatable bonds is 10. The summed E-state index contributed by atoms with van der Waals surface area (Å²) in [4.78, 5) is 0. The van der Waals surface area contributed by atoms with Gasteiger partial charge in [-0.05, 0) is 107 Å². The Morgan fingerprint density at radius 3 is 1.21 bits per heavy atom. The Bertz CT molecular complexity index is 3080. The Labute approximate surface area is 371 Å². The third-order valence-electron chi connectivity index (χ3n) is 13.2. The fraction of sp³-hybridized carbons (Fsp3) is 0.0476. The van der Waals surface area contributed by atoms with Crippen molar-refractivity contribution < 1.29 is 0 Å². The number of benzene rings is 10. The van der Waals surface area contributed by atoms with Crippen LogP contribution in [0.25, 0.3) is 55.6 Å². The van der Waals surface area contributed by atoms with Gasteiger partial charge >= 0.3 is 0 Å². The van der Waals surface area contributed by atoms with E-state index < -0.39 is 5.41 Å². The Morgan fingerprint density at radius 2 is 0.698 bits per heavy atom. The molecule has 0 heterocycles. The molecule has 0 radical (unpaired) electrons. The molecule has 10 aromatic carbocycles. The molecule has 0 aromatic heterocycles. The summed E-state index contributed by atoms with van der Waals surface area (Å²) in [5.41, 5.74) is 21.1. The van der Waals surface area contributed by atoms with Crippen LogP contribution >= 0.6 is 0 Å². The molecule has 1 aliphatic carbocycles. The minimum atomic E-state index is -0.499. The number of fused-ring (bicyclic) bond motifs is 3. The second-order valence-electron chi connectivity index (χ2n) is 16.8. The summed E-state index contributed by atoms with van der Waals surface area (Å²) in [5, 5.41) is 0. The zero-order valence-corrected chi connectivity index (χ0v) is 35.1. The van der Waals surface area contributed by atoms with Gasteiger partial charge in [0.15, 0.2) is 0 Å². The molecular weight excluding hydrogens is 757 g/mol. The maximum absolute atomic E-state index is 2.48. The SMILES string of the molecule is c1ccc(-c2ccc(CC(c3ccc(-c4ccccc4)cc3)c3ccc(-c4ccc5c(c4)C(c4ccccc4)(c4ccccc4)c4cccc(-c6ccccc6)c4-5)cc3)cc2)cc1. The van der Waals surface area contributed by atoms with Crippen molar-refractivity contribution in [3.05, 3.63) is 300 Å². The van der Waals surface area contributed by atoms with Crippen molar-refractivity contribution in [2.75, 3.05) is 0 Å². The van der Waals surface area contributed by atoms with Crippen molar-refractivity contribution in [2.24, 2.45) is 0 Å². The number of hydrogen-bond acceptors (Lipinski definition) is 0. The molecule has 0 N–H and O–H groups in total. The minimum absolute atomic E-state index is 0.182. The molecule has 11 rings (SSSR count). The minimum Gasteiger partial charge on any atom is -0.0622 e. The van der Waals surface area contributed by atoms with Crippen LogP contribution < -0.4 is 0 Å². The van der Waals surface area contributed by atoms with Crippen LogP contribution in [0.1, 0.15) is 44.9 Å². The van der Waals surface area contributed by atoms with E-state index in [1.54, 1.807) is 0 Å². The van der Waals surface area contributed by atoms with Crippen LogP contribution in [0.3, 0.4) is 0 Å². The van der Waals surface area contributed by atoms with Gasteiger partial charge in [0.05, 0.1) is 5.41 Å². The molecule has 298 valence electrons. The van der Waals surface area contributed by atoms with Gasteiger partial charge < -0.3 is 0 Å². The van der Waals surface area contributed by atoms with Gasteiger partial charge in [0, 0.05) is 5.92 Å². The summed E-state index contributed by atoms with van der Waals surface area (Å²) in [5.74, 6) is 0.182. The van der Waals surface area contributed by atoms with Crippen LogP contribution in [0, 0.1) is 0 Å². The van der Waals surface area contributed by atoms with Gasteiger partial charge in [0.1, 0.15) is 0 Å². The highest BCUT2D eigenvalue weighted by Gasteiger charge is 2.47. The van der Waals surface area contributed by atoms with Crippen LogP contribution in [-0.4, -0.2) is 0 Å². The molecule has 0 saturated carbocycles. The van der Waals surface area contributed by atoms with Gasteiger partial charge in [0.25, 0.3) is 0 Å². The Kier molecular flexibility index (Phi) is 10.0. The average Bonchev–Trinajstić information content (AvgIpc) is 3.68. The monoisotopic (exact) mass is 802 g/mol. The fourth-order valence-corrected chi connectivity index (χ4v) is 10.1. The molecule has 0 bridgehead atoms. The molecule has 1 atom stereocenters. The second kappa shape index (κ2) is 16.6. The molecule has 0 aliphatic heterocycles. The first-order chi connectivity index (χ1) is 31.2. The van der Waals surface area contributed by atoms with Crippen molar-refractivity contribution >= 4 is 0 Å². The van der Waals surface area contributed by atoms with E-state index in [4.69, 9.17) is 0 Å². The molecule has 0 nitrogen and oxygen atoms in total. The van der Waals surface area contributed by atoms with E-state index in [1.165, 1.54) is 94.6 Å². The van der Waals surface area contributed by atoms with Gasteiger partial charge in [-0.15, -0.1) is 0 Å². The lowest BCUT2D eigenvalue weighted by Gasteiger charge is -2.34. The fourth-order valence-electron chi connectivity index (χ4n) is 10.1. The largest absolute Gasteiger partial charge is 0.0714 e. The first kappa shape index (κ1) is 38.1. The lowest BCUT2D eigenvalue weighted by molar-refractivity contribution is 0.769. The maximum Gasteiger partial charge on any atom is 0.0714 e. The summed E-state index contributed by atoms with van der Waals surface area (Å²) >= 11 is 0. The van der Waals surface area contributed by atoms with E-state index in [-0.39, 0.29) is 5.92 Å². The van der Waals surface area contributed by atoms with Crippen molar-refractivity contribution in [1.82, 2.24) is 0 Å². The standard InChI is InChI=1S/C63H46/c1-6-17-46(18-7-1)48-31-29-45(30-32-48)43-59(52-37-33-49(34-38-52)47-19-8-2-9-20-47)53-39-35-50(36-40-53)54-41-42-58-61(44-54)63(55-23-12-4-13-24-55,56-25-14-5-15-26-56)60-28-16-27-57(62(58)60)51-21-10-3-11-22-51/h1-42,44,59H,43H2. The van der Waals surface area contributed by atoms with Crippen LogP contribution in [0.15, 0.2) is 261 Å². The lowest BCUT2D eigenvalue weighted by Crippen LogP contribution is -2.28.